The number of ether oxygens (including phenoxy) is 3. The summed E-state index contributed by atoms with van der Waals surface area (Å²) in [5.41, 5.74) is 0.803. The molecule has 2 N–H and O–H groups in total. The van der Waals surface area contributed by atoms with Crippen LogP contribution in [0.4, 0.5) is 5.69 Å². The topological polar surface area (TPSA) is 51.8 Å². The van der Waals surface area contributed by atoms with Crippen LogP contribution in [0.1, 0.15) is 0 Å². The molecule has 0 bridgehead atoms. The molecule has 128 valence electrons. The maximum absolute atomic E-state index is 6.02. The van der Waals surface area contributed by atoms with Gasteiger partial charge in [-0.1, -0.05) is 23.7 Å². The molecule has 0 aliphatic heterocycles. The largest absolute Gasteiger partial charge is 0.493 e. The first-order valence-electron chi connectivity index (χ1n) is 7.28. The van der Waals surface area contributed by atoms with Crippen LogP contribution in [0.15, 0.2) is 42.5 Å². The molecule has 24 heavy (non-hydrogen) atoms. The third-order valence-electron chi connectivity index (χ3n) is 3.12. The van der Waals surface area contributed by atoms with Gasteiger partial charge < -0.3 is 24.8 Å². The van der Waals surface area contributed by atoms with E-state index in [4.69, 9.17) is 38.0 Å². The highest BCUT2D eigenvalue weighted by molar-refractivity contribution is 7.80. The molecule has 0 atom stereocenters. The van der Waals surface area contributed by atoms with Crippen LogP contribution in [-0.4, -0.2) is 32.5 Å². The normalized spacial score (nSPS) is 9.96. The predicted molar refractivity (Wildman–Crippen MR) is 101 cm³/mol. The fourth-order valence-corrected chi connectivity index (χ4v) is 2.39. The molecule has 0 aliphatic carbocycles. The van der Waals surface area contributed by atoms with Gasteiger partial charge in [0.15, 0.2) is 16.6 Å². The molecule has 0 spiro atoms. The highest BCUT2D eigenvalue weighted by atomic mass is 35.5. The number of methoxy groups -OCH3 is 2. The van der Waals surface area contributed by atoms with Gasteiger partial charge in [0.2, 0.25) is 0 Å². The van der Waals surface area contributed by atoms with Crippen LogP contribution in [0.5, 0.6) is 17.2 Å². The van der Waals surface area contributed by atoms with Gasteiger partial charge in [0.05, 0.1) is 25.8 Å². The molecule has 0 unspecified atom stereocenters. The number of nitrogens with one attached hydrogen (secondary N) is 2. The molecule has 0 saturated carbocycles. The first-order chi connectivity index (χ1) is 11.6. The minimum absolute atomic E-state index is 0.442. The maximum atomic E-state index is 6.02. The van der Waals surface area contributed by atoms with E-state index in [9.17, 15) is 0 Å². The minimum Gasteiger partial charge on any atom is -0.493 e. The van der Waals surface area contributed by atoms with E-state index in [1.807, 2.05) is 36.4 Å². The Labute approximate surface area is 151 Å². The average molecular weight is 367 g/mol. The summed E-state index contributed by atoms with van der Waals surface area (Å²) >= 11 is 11.3. The van der Waals surface area contributed by atoms with Gasteiger partial charge in [-0.2, -0.15) is 0 Å². The van der Waals surface area contributed by atoms with Crippen molar-refractivity contribution < 1.29 is 14.2 Å². The maximum Gasteiger partial charge on any atom is 0.170 e. The zero-order chi connectivity index (χ0) is 17.4. The monoisotopic (exact) mass is 366 g/mol. The summed E-state index contributed by atoms with van der Waals surface area (Å²) in [5, 5.41) is 7.23. The first-order valence-corrected chi connectivity index (χ1v) is 8.07. The molecule has 0 fully saturated rings. The van der Waals surface area contributed by atoms with Crippen molar-refractivity contribution in [2.45, 2.75) is 0 Å². The van der Waals surface area contributed by atoms with E-state index in [1.54, 1.807) is 20.3 Å². The molecule has 5 nitrogen and oxygen atoms in total. The summed E-state index contributed by atoms with van der Waals surface area (Å²) in [5.74, 6) is 1.95. The summed E-state index contributed by atoms with van der Waals surface area (Å²) < 4.78 is 16.0. The number of rotatable bonds is 7. The molecular weight excluding hydrogens is 348 g/mol. The van der Waals surface area contributed by atoms with E-state index < -0.39 is 0 Å². The number of anilines is 1. The molecule has 2 aromatic carbocycles. The molecule has 0 aliphatic rings. The fraction of sp³-hybridized carbons (Fsp3) is 0.235. The lowest BCUT2D eigenvalue weighted by atomic mass is 10.3. The zero-order valence-corrected chi connectivity index (χ0v) is 15.0. The van der Waals surface area contributed by atoms with E-state index in [0.717, 1.165) is 5.69 Å². The second-order valence-electron chi connectivity index (χ2n) is 4.73. The molecule has 0 heterocycles. The molecule has 0 radical (unpaired) electrons. The molecular formula is C17H19ClN2O3S. The third-order valence-corrected chi connectivity index (χ3v) is 3.68. The third kappa shape index (κ3) is 5.18. The van der Waals surface area contributed by atoms with Crippen LogP contribution in [0, 0.1) is 0 Å². The summed E-state index contributed by atoms with van der Waals surface area (Å²) in [7, 11) is 3.18. The number of thiocarbonyl (C=S) groups is 1. The van der Waals surface area contributed by atoms with Crippen molar-refractivity contribution >= 4 is 34.6 Å². The van der Waals surface area contributed by atoms with Crippen LogP contribution in [0.2, 0.25) is 5.02 Å². The number of halogens is 1. The second kappa shape index (κ2) is 9.20. The van der Waals surface area contributed by atoms with E-state index in [-0.39, 0.29) is 0 Å². The Morgan fingerprint density at radius 2 is 1.79 bits per heavy atom. The van der Waals surface area contributed by atoms with Crippen molar-refractivity contribution in [3.8, 4) is 17.2 Å². The van der Waals surface area contributed by atoms with E-state index in [0.29, 0.717) is 40.5 Å². The summed E-state index contributed by atoms with van der Waals surface area (Å²) in [4.78, 5) is 0. The SMILES string of the molecule is COc1ccc(NC(=S)NCCOc2ccccc2Cl)cc1OC. The minimum atomic E-state index is 0.442. The molecule has 0 saturated heterocycles. The van der Waals surface area contributed by atoms with Crippen LogP contribution >= 0.6 is 23.8 Å². The lowest BCUT2D eigenvalue weighted by molar-refractivity contribution is 0.323. The molecule has 7 heteroatoms. The van der Waals surface area contributed by atoms with Gasteiger partial charge in [0.1, 0.15) is 12.4 Å². The molecule has 2 aromatic rings. The Kier molecular flexibility index (Phi) is 6.96. The highest BCUT2D eigenvalue weighted by Crippen LogP contribution is 2.29. The zero-order valence-electron chi connectivity index (χ0n) is 13.5. The fourth-order valence-electron chi connectivity index (χ4n) is 1.98. The van der Waals surface area contributed by atoms with Crippen molar-refractivity contribution in [1.29, 1.82) is 0 Å². The van der Waals surface area contributed by atoms with Crippen LogP contribution in [0.3, 0.4) is 0 Å². The summed E-state index contributed by atoms with van der Waals surface area (Å²) in [6.45, 7) is 0.988. The van der Waals surface area contributed by atoms with E-state index in [2.05, 4.69) is 10.6 Å². The standard InChI is InChI=1S/C17H19ClN2O3S/c1-21-15-8-7-12(11-16(15)22-2)20-17(24)19-9-10-23-14-6-4-3-5-13(14)18/h3-8,11H,9-10H2,1-2H3,(H2,19,20,24). The van der Waals surface area contributed by atoms with Gasteiger partial charge in [0.25, 0.3) is 0 Å². The van der Waals surface area contributed by atoms with Crippen molar-refractivity contribution in [3.05, 3.63) is 47.5 Å². The average Bonchev–Trinajstić information content (AvgIpc) is 2.60. The Balaban J connectivity index is 1.78. The summed E-state index contributed by atoms with van der Waals surface area (Å²) in [6, 6.07) is 12.8. The highest BCUT2D eigenvalue weighted by Gasteiger charge is 2.05. The van der Waals surface area contributed by atoms with Gasteiger partial charge >= 0.3 is 0 Å². The molecule has 0 aromatic heterocycles. The Bertz CT molecular complexity index is 697. The Morgan fingerprint density at radius 1 is 1.04 bits per heavy atom. The van der Waals surface area contributed by atoms with Crippen molar-refractivity contribution in [1.82, 2.24) is 5.32 Å². The van der Waals surface area contributed by atoms with Gasteiger partial charge in [0, 0.05) is 11.8 Å². The predicted octanol–water partition coefficient (Wildman–Crippen LogP) is 3.72. The van der Waals surface area contributed by atoms with Gasteiger partial charge in [-0.15, -0.1) is 0 Å². The van der Waals surface area contributed by atoms with Crippen molar-refractivity contribution in [2.24, 2.45) is 0 Å². The van der Waals surface area contributed by atoms with Crippen molar-refractivity contribution in [2.75, 3.05) is 32.7 Å². The van der Waals surface area contributed by atoms with Gasteiger partial charge in [-0.25, -0.2) is 0 Å². The smallest absolute Gasteiger partial charge is 0.170 e. The number of hydrogen-bond donors (Lipinski definition) is 2. The second-order valence-corrected chi connectivity index (χ2v) is 5.54. The lowest BCUT2D eigenvalue weighted by Gasteiger charge is -2.13. The van der Waals surface area contributed by atoms with Crippen LogP contribution in [0.25, 0.3) is 0 Å². The van der Waals surface area contributed by atoms with Gasteiger partial charge in [-0.3, -0.25) is 0 Å². The van der Waals surface area contributed by atoms with Crippen molar-refractivity contribution in [3.63, 3.8) is 0 Å². The van der Waals surface area contributed by atoms with E-state index in [1.165, 1.54) is 0 Å². The first kappa shape index (κ1) is 18.2. The van der Waals surface area contributed by atoms with Gasteiger partial charge in [-0.05, 0) is 36.5 Å². The molecule has 0 amide bonds. The summed E-state index contributed by atoms with van der Waals surface area (Å²) in [6.07, 6.45) is 0. The number of hydrogen-bond acceptors (Lipinski definition) is 4. The quantitative estimate of drug-likeness (QED) is 0.575. The number of benzene rings is 2. The molecule has 2 rings (SSSR count). The van der Waals surface area contributed by atoms with E-state index >= 15 is 0 Å². The Hall–Kier alpha value is -2.18. The number of para-hydroxylation sites is 1. The van der Waals surface area contributed by atoms with Crippen LogP contribution < -0.4 is 24.8 Å². The Morgan fingerprint density at radius 3 is 2.50 bits per heavy atom. The lowest BCUT2D eigenvalue weighted by Crippen LogP contribution is -2.31. The van der Waals surface area contributed by atoms with Crippen LogP contribution in [-0.2, 0) is 0 Å².